The quantitative estimate of drug-likeness (QED) is 0.451. The molecule has 2 rings (SSSR count). The number of benzene rings is 2. The minimum atomic E-state index is -0.749. The molecule has 0 saturated heterocycles. The highest BCUT2D eigenvalue weighted by atomic mass is 35.5. The summed E-state index contributed by atoms with van der Waals surface area (Å²) in [5.41, 5.74) is 1.78. The second-order valence-corrected chi connectivity index (χ2v) is 6.90. The summed E-state index contributed by atoms with van der Waals surface area (Å²) in [6.07, 6.45) is 0.0847. The lowest BCUT2D eigenvalue weighted by atomic mass is 10.0. The third-order valence-electron chi connectivity index (χ3n) is 3.59. The molecule has 6 heteroatoms. The summed E-state index contributed by atoms with van der Waals surface area (Å²) in [7, 11) is 0. The number of ether oxygens (including phenoxy) is 2. The van der Waals surface area contributed by atoms with Gasteiger partial charge in [0, 0.05) is 12.8 Å². The van der Waals surface area contributed by atoms with Crippen LogP contribution in [0.4, 0.5) is 0 Å². The summed E-state index contributed by atoms with van der Waals surface area (Å²) in [5.74, 6) is -0.810. The number of halogens is 2. The molecule has 0 aliphatic carbocycles. The van der Waals surface area contributed by atoms with Crippen molar-refractivity contribution in [3.05, 3.63) is 71.8 Å². The molecule has 0 bridgehead atoms. The molecule has 0 atom stereocenters. The summed E-state index contributed by atoms with van der Waals surface area (Å²) in [6, 6.07) is 19.1. The van der Waals surface area contributed by atoms with Gasteiger partial charge in [-0.2, -0.15) is 0 Å². The third kappa shape index (κ3) is 7.06. The molecule has 0 fully saturated rings. The van der Waals surface area contributed by atoms with Crippen molar-refractivity contribution in [2.24, 2.45) is 0 Å². The van der Waals surface area contributed by atoms with E-state index >= 15 is 0 Å². The van der Waals surface area contributed by atoms with Gasteiger partial charge in [-0.05, 0) is 17.5 Å². The highest BCUT2D eigenvalue weighted by molar-refractivity contribution is 6.44. The molecular formula is C20H20Cl2O4. The van der Waals surface area contributed by atoms with Gasteiger partial charge in [-0.25, -0.2) is 0 Å². The number of carbonyl (C=O) groups excluding carboxylic acids is 2. The molecule has 0 aliphatic rings. The van der Waals surface area contributed by atoms with E-state index < -0.39 is 16.9 Å². The predicted molar refractivity (Wildman–Crippen MR) is 101 cm³/mol. The fraction of sp³-hybridized carbons (Fsp3) is 0.300. The van der Waals surface area contributed by atoms with E-state index in [2.05, 4.69) is 0 Å². The van der Waals surface area contributed by atoms with Crippen molar-refractivity contribution < 1.29 is 19.1 Å². The zero-order chi connectivity index (χ0) is 18.8. The molecule has 0 N–H and O–H groups in total. The van der Waals surface area contributed by atoms with E-state index in [0.29, 0.717) is 6.42 Å². The first-order valence-electron chi connectivity index (χ1n) is 8.29. The Hall–Kier alpha value is -2.04. The Morgan fingerprint density at radius 3 is 1.81 bits per heavy atom. The van der Waals surface area contributed by atoms with Gasteiger partial charge >= 0.3 is 11.9 Å². The molecule has 26 heavy (non-hydrogen) atoms. The largest absolute Gasteiger partial charge is 0.463 e. The zero-order valence-electron chi connectivity index (χ0n) is 14.1. The molecule has 138 valence electrons. The van der Waals surface area contributed by atoms with E-state index in [9.17, 15) is 9.59 Å². The summed E-state index contributed by atoms with van der Waals surface area (Å²) >= 11 is 11.0. The van der Waals surface area contributed by atoms with Crippen LogP contribution in [-0.2, 0) is 19.1 Å². The molecule has 2 aromatic carbocycles. The minimum Gasteiger partial charge on any atom is -0.463 e. The van der Waals surface area contributed by atoms with Gasteiger partial charge in [0.05, 0.1) is 0 Å². The number of carbonyl (C=O) groups is 2. The predicted octanol–water partition coefficient (Wildman–Crippen LogP) is 4.84. The number of hydrogen-bond donors (Lipinski definition) is 0. The molecule has 0 unspecified atom stereocenters. The van der Waals surface area contributed by atoms with E-state index in [0.717, 1.165) is 11.1 Å². The van der Waals surface area contributed by atoms with Gasteiger partial charge in [0.1, 0.15) is 11.4 Å². The number of esters is 2. The van der Waals surface area contributed by atoms with Crippen LogP contribution in [0.3, 0.4) is 0 Å². The first kappa shape index (κ1) is 20.3. The number of hydrogen-bond acceptors (Lipinski definition) is 4. The Morgan fingerprint density at radius 1 is 0.808 bits per heavy atom. The van der Waals surface area contributed by atoms with Crippen LogP contribution < -0.4 is 0 Å². The fourth-order valence-corrected chi connectivity index (χ4v) is 2.51. The molecule has 2 aromatic rings. The maximum atomic E-state index is 12.2. The first-order valence-corrected chi connectivity index (χ1v) is 9.16. The van der Waals surface area contributed by atoms with Crippen LogP contribution in [0.25, 0.3) is 0 Å². The van der Waals surface area contributed by atoms with E-state index in [1.807, 2.05) is 60.7 Å². The van der Waals surface area contributed by atoms with Crippen LogP contribution in [-0.4, -0.2) is 23.4 Å². The highest BCUT2D eigenvalue weighted by Crippen LogP contribution is 2.26. The lowest BCUT2D eigenvalue weighted by Crippen LogP contribution is -2.14. The molecule has 0 aromatic heterocycles. The molecule has 0 spiro atoms. The summed E-state index contributed by atoms with van der Waals surface area (Å²) in [5, 5.41) is 0. The monoisotopic (exact) mass is 394 g/mol. The highest BCUT2D eigenvalue weighted by Gasteiger charge is 2.19. The maximum absolute atomic E-state index is 12.2. The number of alkyl halides is 2. The molecule has 0 radical (unpaired) electrons. The molecule has 0 aliphatic heterocycles. The van der Waals surface area contributed by atoms with Crippen LogP contribution in [0.15, 0.2) is 60.7 Å². The summed E-state index contributed by atoms with van der Waals surface area (Å²) in [4.78, 5) is 23.0. The lowest BCUT2D eigenvalue weighted by Gasteiger charge is -2.19. The Bertz CT molecular complexity index is 650. The number of rotatable bonds is 9. The van der Waals surface area contributed by atoms with Gasteiger partial charge in [-0.3, -0.25) is 9.59 Å². The van der Waals surface area contributed by atoms with Crippen LogP contribution in [0.5, 0.6) is 0 Å². The average molecular weight is 395 g/mol. The van der Waals surface area contributed by atoms with Gasteiger partial charge in [0.25, 0.3) is 0 Å². The van der Waals surface area contributed by atoms with Crippen molar-refractivity contribution in [2.45, 2.75) is 30.2 Å². The second-order valence-electron chi connectivity index (χ2n) is 5.62. The topological polar surface area (TPSA) is 52.6 Å². The Morgan fingerprint density at radius 2 is 1.31 bits per heavy atom. The van der Waals surface area contributed by atoms with Crippen LogP contribution >= 0.6 is 23.2 Å². The third-order valence-corrected chi connectivity index (χ3v) is 3.84. The minimum absolute atomic E-state index is 0.0590. The van der Waals surface area contributed by atoms with Gasteiger partial charge in [-0.15, -0.1) is 23.2 Å². The molecular weight excluding hydrogens is 375 g/mol. The Labute approximate surface area is 163 Å². The maximum Gasteiger partial charge on any atom is 0.306 e. The van der Waals surface area contributed by atoms with Gasteiger partial charge in [-0.1, -0.05) is 60.7 Å². The first-order chi connectivity index (χ1) is 12.6. The van der Waals surface area contributed by atoms with Gasteiger partial charge < -0.3 is 9.47 Å². The molecule has 0 amide bonds. The van der Waals surface area contributed by atoms with Crippen molar-refractivity contribution in [2.75, 3.05) is 6.61 Å². The molecule has 4 nitrogen and oxygen atoms in total. The Kier molecular flexibility index (Phi) is 8.45. The van der Waals surface area contributed by atoms with E-state index in [1.165, 1.54) is 0 Å². The van der Waals surface area contributed by atoms with E-state index in [4.69, 9.17) is 32.7 Å². The van der Waals surface area contributed by atoms with Crippen molar-refractivity contribution in [3.63, 3.8) is 0 Å². The van der Waals surface area contributed by atoms with Crippen LogP contribution in [0.1, 0.15) is 36.5 Å². The van der Waals surface area contributed by atoms with Gasteiger partial charge in [0.15, 0.2) is 6.10 Å². The van der Waals surface area contributed by atoms with E-state index in [-0.39, 0.29) is 25.4 Å². The summed E-state index contributed by atoms with van der Waals surface area (Å²) in [6.45, 7) is -0.0590. The molecule has 0 heterocycles. The van der Waals surface area contributed by atoms with Crippen molar-refractivity contribution in [1.29, 1.82) is 0 Å². The van der Waals surface area contributed by atoms with Crippen molar-refractivity contribution in [1.82, 2.24) is 0 Å². The fourth-order valence-electron chi connectivity index (χ4n) is 2.38. The average Bonchev–Trinajstić information content (AvgIpc) is 2.66. The smallest absolute Gasteiger partial charge is 0.306 e. The molecule has 0 saturated carbocycles. The van der Waals surface area contributed by atoms with Crippen molar-refractivity contribution >= 4 is 35.1 Å². The summed E-state index contributed by atoms with van der Waals surface area (Å²) < 4.78 is 10.5. The Balaban J connectivity index is 1.90. The zero-order valence-corrected chi connectivity index (χ0v) is 15.7. The SMILES string of the molecule is O=C(CCCC(=O)OC(c1ccccc1)c1ccccc1)OCC(Cl)Cl. The lowest BCUT2D eigenvalue weighted by molar-refractivity contribution is -0.148. The van der Waals surface area contributed by atoms with Crippen LogP contribution in [0.2, 0.25) is 0 Å². The van der Waals surface area contributed by atoms with Crippen molar-refractivity contribution in [3.8, 4) is 0 Å². The normalized spacial score (nSPS) is 10.8. The van der Waals surface area contributed by atoms with E-state index in [1.54, 1.807) is 0 Å². The van der Waals surface area contributed by atoms with Crippen LogP contribution in [0, 0.1) is 0 Å². The second kappa shape index (κ2) is 10.8. The van der Waals surface area contributed by atoms with Gasteiger partial charge in [0.2, 0.25) is 0 Å². The standard InChI is InChI=1S/C20H20Cl2O4/c21-17(22)14-25-18(23)12-7-13-19(24)26-20(15-8-3-1-4-9-15)16-10-5-2-6-11-16/h1-6,8-11,17,20H,7,12-14H2.